The lowest BCUT2D eigenvalue weighted by Gasteiger charge is -2.31. The average molecular weight is 544 g/mol. The number of nitrogen functional groups attached to an aromatic ring is 1. The van der Waals surface area contributed by atoms with Gasteiger partial charge in [0.1, 0.15) is 16.7 Å². The third-order valence-electron chi connectivity index (χ3n) is 6.01. The van der Waals surface area contributed by atoms with Gasteiger partial charge in [-0.2, -0.15) is 4.37 Å². The largest absolute Gasteiger partial charge is 0.494 e. The van der Waals surface area contributed by atoms with Gasteiger partial charge in [0.25, 0.3) is 11.8 Å². The van der Waals surface area contributed by atoms with Crippen LogP contribution >= 0.6 is 11.5 Å². The van der Waals surface area contributed by atoms with Gasteiger partial charge in [0, 0.05) is 12.2 Å². The number of aromatic nitrogens is 1. The SMILES string of the molecule is CCOc1ccc([C@H](C(=O)NCc2ccccc2)N(C(=O)c2snc(C(N)=O)c2N)c2ccc(C)cc2)cc1. The zero-order chi connectivity index (χ0) is 27.9. The monoisotopic (exact) mass is 543 g/mol. The molecule has 0 aliphatic rings. The molecule has 10 heteroatoms. The van der Waals surface area contributed by atoms with Crippen molar-refractivity contribution in [3.63, 3.8) is 0 Å². The van der Waals surface area contributed by atoms with Crippen molar-refractivity contribution in [3.05, 3.63) is 106 Å². The molecule has 0 aliphatic heterocycles. The summed E-state index contributed by atoms with van der Waals surface area (Å²) in [5, 5.41) is 2.96. The normalized spacial score (nSPS) is 11.4. The summed E-state index contributed by atoms with van der Waals surface area (Å²) < 4.78 is 9.56. The Hall–Kier alpha value is -4.70. The minimum Gasteiger partial charge on any atom is -0.494 e. The van der Waals surface area contributed by atoms with Crippen molar-refractivity contribution in [2.45, 2.75) is 26.4 Å². The predicted octanol–water partition coefficient (Wildman–Crippen LogP) is 4.24. The van der Waals surface area contributed by atoms with Gasteiger partial charge in [-0.3, -0.25) is 19.3 Å². The quantitative estimate of drug-likeness (QED) is 0.273. The Morgan fingerprint density at radius 3 is 2.26 bits per heavy atom. The number of ether oxygens (including phenoxy) is 1. The van der Waals surface area contributed by atoms with E-state index >= 15 is 0 Å². The molecule has 5 N–H and O–H groups in total. The van der Waals surface area contributed by atoms with Crippen LogP contribution in [0.15, 0.2) is 78.9 Å². The second kappa shape index (κ2) is 12.2. The summed E-state index contributed by atoms with van der Waals surface area (Å²) in [7, 11) is 0. The van der Waals surface area contributed by atoms with Crippen LogP contribution in [0.25, 0.3) is 0 Å². The van der Waals surface area contributed by atoms with Crippen molar-refractivity contribution in [1.29, 1.82) is 0 Å². The Kier molecular flexibility index (Phi) is 8.57. The lowest BCUT2D eigenvalue weighted by atomic mass is 10.0. The number of anilines is 2. The summed E-state index contributed by atoms with van der Waals surface area (Å²) in [5.41, 5.74) is 14.1. The van der Waals surface area contributed by atoms with Gasteiger partial charge in [-0.25, -0.2) is 0 Å². The van der Waals surface area contributed by atoms with E-state index in [2.05, 4.69) is 9.69 Å². The fourth-order valence-electron chi connectivity index (χ4n) is 4.04. The van der Waals surface area contributed by atoms with Gasteiger partial charge in [-0.15, -0.1) is 0 Å². The van der Waals surface area contributed by atoms with E-state index in [4.69, 9.17) is 16.2 Å². The molecule has 200 valence electrons. The molecular weight excluding hydrogens is 514 g/mol. The molecule has 1 atom stereocenters. The summed E-state index contributed by atoms with van der Waals surface area (Å²) in [6.45, 7) is 4.55. The highest BCUT2D eigenvalue weighted by atomic mass is 32.1. The second-order valence-corrected chi connectivity index (χ2v) is 9.53. The van der Waals surface area contributed by atoms with E-state index in [1.54, 1.807) is 36.4 Å². The number of nitrogens with one attached hydrogen (secondary N) is 1. The fraction of sp³-hybridized carbons (Fsp3) is 0.172. The number of rotatable bonds is 10. The van der Waals surface area contributed by atoms with Crippen molar-refractivity contribution in [3.8, 4) is 5.75 Å². The Morgan fingerprint density at radius 2 is 1.67 bits per heavy atom. The second-order valence-electron chi connectivity index (χ2n) is 8.76. The highest BCUT2D eigenvalue weighted by molar-refractivity contribution is 7.09. The molecule has 0 radical (unpaired) electrons. The summed E-state index contributed by atoms with van der Waals surface area (Å²) >= 11 is 0.764. The van der Waals surface area contributed by atoms with Crippen molar-refractivity contribution in [2.24, 2.45) is 5.73 Å². The summed E-state index contributed by atoms with van der Waals surface area (Å²) in [6, 6.07) is 22.6. The molecule has 0 spiro atoms. The van der Waals surface area contributed by atoms with E-state index in [-0.39, 0.29) is 22.8 Å². The number of hydrogen-bond acceptors (Lipinski definition) is 7. The smallest absolute Gasteiger partial charge is 0.273 e. The predicted molar refractivity (Wildman–Crippen MR) is 152 cm³/mol. The molecule has 0 aliphatic carbocycles. The number of amides is 3. The number of primary amides is 1. The molecule has 9 nitrogen and oxygen atoms in total. The number of hydrogen-bond donors (Lipinski definition) is 3. The van der Waals surface area contributed by atoms with Gasteiger partial charge in [0.15, 0.2) is 5.69 Å². The van der Waals surface area contributed by atoms with Crippen LogP contribution < -0.4 is 26.4 Å². The Bertz CT molecular complexity index is 1450. The zero-order valence-electron chi connectivity index (χ0n) is 21.6. The molecule has 3 aromatic carbocycles. The summed E-state index contributed by atoms with van der Waals surface area (Å²) in [6.07, 6.45) is 0. The lowest BCUT2D eigenvalue weighted by Crippen LogP contribution is -2.44. The third kappa shape index (κ3) is 6.24. The van der Waals surface area contributed by atoms with Crippen molar-refractivity contribution < 1.29 is 19.1 Å². The fourth-order valence-corrected chi connectivity index (χ4v) is 4.78. The molecule has 4 rings (SSSR count). The first-order chi connectivity index (χ1) is 18.8. The molecule has 0 saturated carbocycles. The molecule has 4 aromatic rings. The Morgan fingerprint density at radius 1 is 1.00 bits per heavy atom. The van der Waals surface area contributed by atoms with Gasteiger partial charge in [-0.05, 0) is 60.8 Å². The molecule has 1 heterocycles. The van der Waals surface area contributed by atoms with E-state index < -0.39 is 23.8 Å². The minimum absolute atomic E-state index is 0.0103. The molecule has 0 saturated heterocycles. The van der Waals surface area contributed by atoms with E-state index in [1.165, 1.54) is 4.90 Å². The first-order valence-electron chi connectivity index (χ1n) is 12.3. The summed E-state index contributed by atoms with van der Waals surface area (Å²) in [4.78, 5) is 41.2. The first kappa shape index (κ1) is 27.3. The minimum atomic E-state index is -1.09. The van der Waals surface area contributed by atoms with Gasteiger partial charge >= 0.3 is 0 Å². The molecule has 0 bridgehead atoms. The lowest BCUT2D eigenvalue weighted by molar-refractivity contribution is -0.122. The van der Waals surface area contributed by atoms with E-state index in [1.807, 2.05) is 56.3 Å². The zero-order valence-corrected chi connectivity index (χ0v) is 22.4. The van der Waals surface area contributed by atoms with Crippen molar-refractivity contribution in [2.75, 3.05) is 17.2 Å². The molecule has 3 amide bonds. The molecule has 0 unspecified atom stereocenters. The highest BCUT2D eigenvalue weighted by Crippen LogP contribution is 2.34. The summed E-state index contributed by atoms with van der Waals surface area (Å²) in [5.74, 6) is -1.20. The van der Waals surface area contributed by atoms with Gasteiger partial charge in [0.2, 0.25) is 5.91 Å². The third-order valence-corrected chi connectivity index (χ3v) is 6.86. The first-order valence-corrected chi connectivity index (χ1v) is 13.1. The van der Waals surface area contributed by atoms with Crippen molar-refractivity contribution in [1.82, 2.24) is 9.69 Å². The maximum Gasteiger partial charge on any atom is 0.273 e. The topological polar surface area (TPSA) is 141 Å². The van der Waals surface area contributed by atoms with Crippen LogP contribution in [0.2, 0.25) is 0 Å². The van der Waals surface area contributed by atoms with E-state index in [0.29, 0.717) is 23.6 Å². The van der Waals surface area contributed by atoms with Crippen molar-refractivity contribution >= 4 is 40.6 Å². The van der Waals surface area contributed by atoms with Crippen LogP contribution in [0.4, 0.5) is 11.4 Å². The van der Waals surface area contributed by atoms with Gasteiger partial charge < -0.3 is 21.5 Å². The molecular formula is C29H29N5O4S. The Balaban J connectivity index is 1.82. The maximum absolute atomic E-state index is 14.1. The maximum atomic E-state index is 14.1. The van der Waals surface area contributed by atoms with Crippen LogP contribution in [0.1, 0.15) is 49.8 Å². The van der Waals surface area contributed by atoms with Gasteiger partial charge in [0.05, 0.1) is 12.3 Å². The number of carbonyl (C=O) groups excluding carboxylic acids is 3. The number of nitrogens with zero attached hydrogens (tertiary/aromatic N) is 2. The Labute approximate surface area is 230 Å². The molecule has 39 heavy (non-hydrogen) atoms. The van der Waals surface area contributed by atoms with Crippen LogP contribution in [-0.4, -0.2) is 28.7 Å². The molecule has 0 fully saturated rings. The molecule has 1 aromatic heterocycles. The highest BCUT2D eigenvalue weighted by Gasteiger charge is 2.36. The van der Waals surface area contributed by atoms with Crippen LogP contribution in [0, 0.1) is 6.92 Å². The van der Waals surface area contributed by atoms with Crippen LogP contribution in [0.3, 0.4) is 0 Å². The van der Waals surface area contributed by atoms with Crippen LogP contribution in [-0.2, 0) is 11.3 Å². The van der Waals surface area contributed by atoms with E-state index in [0.717, 1.165) is 22.7 Å². The number of carbonyl (C=O) groups is 3. The number of aryl methyl sites for hydroxylation is 1. The average Bonchev–Trinajstić information content (AvgIpc) is 3.33. The van der Waals surface area contributed by atoms with E-state index in [9.17, 15) is 14.4 Å². The van der Waals surface area contributed by atoms with Gasteiger partial charge in [-0.1, -0.05) is 60.2 Å². The standard InChI is InChI=1S/C29H29N5O4S/c1-3-38-22-15-11-20(12-16-22)25(28(36)32-17-19-7-5-4-6-8-19)34(21-13-9-18(2)10-14-21)29(37)26-23(30)24(27(31)35)33-39-26/h4-16,25H,3,17,30H2,1-2H3,(H2,31,35)(H,32,36)/t25-/m1/s1. The van der Waals surface area contributed by atoms with Crippen LogP contribution in [0.5, 0.6) is 5.75 Å². The number of benzene rings is 3. The number of nitrogens with two attached hydrogens (primary N) is 2.